The summed E-state index contributed by atoms with van der Waals surface area (Å²) in [6.07, 6.45) is 6.11. The van der Waals surface area contributed by atoms with Crippen molar-refractivity contribution in [3.05, 3.63) is 40.1 Å². The molecule has 160 valence electrons. The number of hydrogen-bond donors (Lipinski definition) is 2. The van der Waals surface area contributed by atoms with E-state index in [2.05, 4.69) is 49.1 Å². The number of aryl methyl sites for hydroxylation is 3. The van der Waals surface area contributed by atoms with Gasteiger partial charge in [0.1, 0.15) is 5.82 Å². The molecule has 8 heteroatoms. The number of aromatic nitrogens is 2. The fourth-order valence-electron chi connectivity index (χ4n) is 3.60. The molecule has 1 aliphatic rings. The van der Waals surface area contributed by atoms with E-state index in [1.807, 2.05) is 37.7 Å². The molecular weight excluding hydrogens is 384 g/mol. The molecule has 1 saturated heterocycles. The van der Waals surface area contributed by atoms with Gasteiger partial charge in [0, 0.05) is 61.9 Å². The average Bonchev–Trinajstić information content (AvgIpc) is 3.35. The molecule has 7 nitrogen and oxygen atoms in total. The normalized spacial score (nSPS) is 16.7. The zero-order valence-corrected chi connectivity index (χ0v) is 18.7. The van der Waals surface area contributed by atoms with E-state index in [4.69, 9.17) is 4.74 Å². The number of imidazole rings is 1. The van der Waals surface area contributed by atoms with Gasteiger partial charge >= 0.3 is 0 Å². The summed E-state index contributed by atoms with van der Waals surface area (Å²) in [4.78, 5) is 14.0. The Kier molecular flexibility index (Phi) is 8.52. The van der Waals surface area contributed by atoms with Gasteiger partial charge in [-0.05, 0) is 38.8 Å². The Morgan fingerprint density at radius 2 is 2.07 bits per heavy atom. The number of guanidine groups is 1. The van der Waals surface area contributed by atoms with E-state index in [1.54, 1.807) is 0 Å². The van der Waals surface area contributed by atoms with Crippen molar-refractivity contribution in [1.29, 1.82) is 0 Å². The lowest BCUT2D eigenvalue weighted by Gasteiger charge is -2.34. The summed E-state index contributed by atoms with van der Waals surface area (Å²) in [6.45, 7) is 10.5. The topological polar surface area (TPSA) is 66.7 Å². The van der Waals surface area contributed by atoms with Gasteiger partial charge in [0.05, 0.1) is 19.3 Å². The van der Waals surface area contributed by atoms with E-state index in [9.17, 15) is 0 Å². The molecule has 1 unspecified atom stereocenters. The maximum atomic E-state index is 5.55. The fourth-order valence-corrected chi connectivity index (χ4v) is 4.61. The largest absolute Gasteiger partial charge is 0.379 e. The number of morpholine rings is 1. The summed E-state index contributed by atoms with van der Waals surface area (Å²) in [7, 11) is 1.84. The Bertz CT molecular complexity index is 765. The highest BCUT2D eigenvalue weighted by molar-refractivity contribution is 7.12. The van der Waals surface area contributed by atoms with Crippen LogP contribution < -0.4 is 10.6 Å². The van der Waals surface area contributed by atoms with Gasteiger partial charge in [-0.15, -0.1) is 11.3 Å². The van der Waals surface area contributed by atoms with Gasteiger partial charge in [0.15, 0.2) is 5.96 Å². The van der Waals surface area contributed by atoms with E-state index < -0.39 is 0 Å². The molecule has 0 aromatic carbocycles. The quantitative estimate of drug-likeness (QED) is 0.372. The second kappa shape index (κ2) is 11.3. The maximum absolute atomic E-state index is 5.55. The molecule has 2 aromatic rings. The number of hydrogen-bond acceptors (Lipinski definition) is 5. The van der Waals surface area contributed by atoms with E-state index >= 15 is 0 Å². The van der Waals surface area contributed by atoms with Crippen molar-refractivity contribution in [2.75, 3.05) is 46.4 Å². The van der Waals surface area contributed by atoms with E-state index in [-0.39, 0.29) is 0 Å². The first kappa shape index (κ1) is 21.8. The molecule has 0 spiro atoms. The van der Waals surface area contributed by atoms with Crippen LogP contribution in [-0.4, -0.2) is 66.9 Å². The summed E-state index contributed by atoms with van der Waals surface area (Å²) in [5, 5.41) is 6.99. The molecule has 0 aliphatic carbocycles. The minimum Gasteiger partial charge on any atom is -0.379 e. The highest BCUT2D eigenvalue weighted by Gasteiger charge is 2.24. The molecule has 0 amide bonds. The summed E-state index contributed by atoms with van der Waals surface area (Å²) in [6, 6.07) is 4.82. The lowest BCUT2D eigenvalue weighted by molar-refractivity contribution is 0.0177. The summed E-state index contributed by atoms with van der Waals surface area (Å²) >= 11 is 1.88. The average molecular weight is 419 g/mol. The molecule has 0 bridgehead atoms. The fraction of sp³-hybridized carbons (Fsp3) is 0.619. The van der Waals surface area contributed by atoms with Crippen molar-refractivity contribution in [2.45, 2.75) is 39.3 Å². The van der Waals surface area contributed by atoms with Gasteiger partial charge in [0.2, 0.25) is 0 Å². The van der Waals surface area contributed by atoms with Crippen LogP contribution in [0, 0.1) is 13.8 Å². The number of nitrogens with zero attached hydrogens (tertiary/aromatic N) is 4. The second-order valence-electron chi connectivity index (χ2n) is 7.37. The van der Waals surface area contributed by atoms with E-state index in [0.29, 0.717) is 6.04 Å². The molecule has 0 radical (unpaired) electrons. The lowest BCUT2D eigenvalue weighted by Crippen LogP contribution is -2.46. The van der Waals surface area contributed by atoms with Crippen LogP contribution in [0.15, 0.2) is 29.5 Å². The van der Waals surface area contributed by atoms with Crippen molar-refractivity contribution < 1.29 is 4.74 Å². The number of ether oxygens (including phenoxy) is 1. The number of rotatable bonds is 9. The Labute approximate surface area is 178 Å². The third-order valence-electron chi connectivity index (χ3n) is 5.30. The highest BCUT2D eigenvalue weighted by Crippen LogP contribution is 2.27. The minimum absolute atomic E-state index is 0.348. The number of unbranched alkanes of at least 4 members (excludes halogenated alkanes) is 1. The van der Waals surface area contributed by atoms with Crippen molar-refractivity contribution in [2.24, 2.45) is 4.99 Å². The first-order chi connectivity index (χ1) is 14.2. The van der Waals surface area contributed by atoms with Crippen LogP contribution in [0.2, 0.25) is 0 Å². The molecular formula is C21H34N6OS. The van der Waals surface area contributed by atoms with Gasteiger partial charge in [-0.1, -0.05) is 0 Å². The molecule has 1 aliphatic heterocycles. The van der Waals surface area contributed by atoms with Crippen molar-refractivity contribution in [3.8, 4) is 0 Å². The van der Waals surface area contributed by atoms with Gasteiger partial charge in [-0.25, -0.2) is 4.98 Å². The predicted octanol–water partition coefficient (Wildman–Crippen LogP) is 2.58. The van der Waals surface area contributed by atoms with Crippen LogP contribution in [-0.2, 0) is 11.3 Å². The van der Waals surface area contributed by atoms with Gasteiger partial charge in [0.25, 0.3) is 0 Å². The summed E-state index contributed by atoms with van der Waals surface area (Å²) < 4.78 is 7.74. The van der Waals surface area contributed by atoms with Crippen molar-refractivity contribution in [1.82, 2.24) is 25.1 Å². The molecule has 0 saturated carbocycles. The van der Waals surface area contributed by atoms with Crippen LogP contribution >= 0.6 is 11.3 Å². The second-order valence-corrected chi connectivity index (χ2v) is 8.69. The molecule has 1 atom stereocenters. The number of aliphatic imine (C=N–C) groups is 1. The zero-order valence-electron chi connectivity index (χ0n) is 17.9. The predicted molar refractivity (Wildman–Crippen MR) is 120 cm³/mol. The van der Waals surface area contributed by atoms with Gasteiger partial charge in [-0.2, -0.15) is 0 Å². The van der Waals surface area contributed by atoms with Crippen LogP contribution in [0.1, 0.15) is 34.5 Å². The molecule has 3 heterocycles. The van der Waals surface area contributed by atoms with Crippen molar-refractivity contribution in [3.63, 3.8) is 0 Å². The first-order valence-electron chi connectivity index (χ1n) is 10.5. The van der Waals surface area contributed by atoms with Crippen LogP contribution in [0.5, 0.6) is 0 Å². The molecule has 2 N–H and O–H groups in total. The van der Waals surface area contributed by atoms with Crippen LogP contribution in [0.25, 0.3) is 0 Å². The molecule has 2 aromatic heterocycles. The maximum Gasteiger partial charge on any atom is 0.191 e. The minimum atomic E-state index is 0.348. The van der Waals surface area contributed by atoms with E-state index in [0.717, 1.165) is 70.6 Å². The first-order valence-corrected chi connectivity index (χ1v) is 11.3. The molecule has 29 heavy (non-hydrogen) atoms. The van der Waals surface area contributed by atoms with Crippen LogP contribution in [0.3, 0.4) is 0 Å². The Morgan fingerprint density at radius 3 is 2.72 bits per heavy atom. The highest BCUT2D eigenvalue weighted by atomic mass is 32.1. The molecule has 3 rings (SSSR count). The molecule has 1 fully saturated rings. The van der Waals surface area contributed by atoms with Gasteiger partial charge < -0.3 is 19.9 Å². The van der Waals surface area contributed by atoms with E-state index in [1.165, 1.54) is 9.75 Å². The zero-order chi connectivity index (χ0) is 20.5. The summed E-state index contributed by atoms with van der Waals surface area (Å²) in [5.74, 6) is 1.95. The van der Waals surface area contributed by atoms with Crippen LogP contribution in [0.4, 0.5) is 0 Å². The Hall–Kier alpha value is -1.90. The third-order valence-corrected chi connectivity index (χ3v) is 6.41. The van der Waals surface area contributed by atoms with Crippen molar-refractivity contribution >= 4 is 17.3 Å². The Morgan fingerprint density at radius 1 is 1.24 bits per heavy atom. The van der Waals surface area contributed by atoms with Gasteiger partial charge in [-0.3, -0.25) is 9.89 Å². The summed E-state index contributed by atoms with van der Waals surface area (Å²) in [5.41, 5.74) is 0. The SMILES string of the molecule is CN=C(NCCCCn1ccnc1C)NCC(c1ccc(C)s1)N1CCOCC1. The Balaban J connectivity index is 1.45. The smallest absolute Gasteiger partial charge is 0.191 e. The number of nitrogens with one attached hydrogen (secondary N) is 2. The number of thiophene rings is 1. The lowest BCUT2D eigenvalue weighted by atomic mass is 10.2. The standard InChI is InChI=1S/C21H34N6OS/c1-17-6-7-20(29-17)19(27-12-14-28-15-13-27)16-25-21(22-3)24-8-4-5-10-26-11-9-23-18(26)2/h6-7,9,11,19H,4-5,8,10,12-16H2,1-3H3,(H2,22,24,25). The third kappa shape index (κ3) is 6.55. The monoisotopic (exact) mass is 418 g/mol.